The Hall–Kier alpha value is -1.01. The lowest BCUT2D eigenvalue weighted by Crippen LogP contribution is -2.41. The van der Waals surface area contributed by atoms with E-state index < -0.39 is 5.60 Å². The van der Waals surface area contributed by atoms with E-state index in [1.165, 1.54) is 11.8 Å². The predicted molar refractivity (Wildman–Crippen MR) is 80.7 cm³/mol. The van der Waals surface area contributed by atoms with Crippen LogP contribution in [0.1, 0.15) is 43.7 Å². The largest absolute Gasteiger partial charge is 0.388 e. The molecule has 1 aromatic heterocycles. The van der Waals surface area contributed by atoms with E-state index in [0.29, 0.717) is 24.5 Å². The Balaban J connectivity index is 2.27. The number of rotatable bonds is 8. The van der Waals surface area contributed by atoms with Gasteiger partial charge in [-0.2, -0.15) is 0 Å². The number of carbonyl (C=O) groups is 1. The Bertz CT molecular complexity index is 424. The van der Waals surface area contributed by atoms with Crippen molar-refractivity contribution in [2.45, 2.75) is 51.9 Å². The van der Waals surface area contributed by atoms with Crippen LogP contribution in [0.2, 0.25) is 0 Å². The second-order valence-electron chi connectivity index (χ2n) is 5.32. The van der Waals surface area contributed by atoms with Crippen molar-refractivity contribution in [2.24, 2.45) is 0 Å². The van der Waals surface area contributed by atoms with Crippen LogP contribution in [0, 0.1) is 13.8 Å². The molecule has 0 aliphatic rings. The fraction of sp³-hybridized carbons (Fsp3) is 0.714. The van der Waals surface area contributed by atoms with Gasteiger partial charge in [-0.25, -0.2) is 0 Å². The molecule has 0 saturated carbocycles. The highest BCUT2D eigenvalue weighted by Gasteiger charge is 2.19. The van der Waals surface area contributed by atoms with E-state index in [1.54, 1.807) is 6.92 Å². The summed E-state index contributed by atoms with van der Waals surface area (Å²) in [4.78, 5) is 11.7. The van der Waals surface area contributed by atoms with E-state index in [0.717, 1.165) is 23.4 Å². The lowest BCUT2D eigenvalue weighted by atomic mass is 10.0. The van der Waals surface area contributed by atoms with Crippen molar-refractivity contribution in [2.75, 3.05) is 12.3 Å². The third kappa shape index (κ3) is 5.54. The summed E-state index contributed by atoms with van der Waals surface area (Å²) in [6.45, 7) is 7.82. The van der Waals surface area contributed by atoms with Crippen LogP contribution in [-0.4, -0.2) is 34.1 Å². The molecule has 0 aromatic carbocycles. The van der Waals surface area contributed by atoms with E-state index >= 15 is 0 Å². The highest BCUT2D eigenvalue weighted by Crippen LogP contribution is 2.19. The van der Waals surface area contributed by atoms with Crippen molar-refractivity contribution in [1.29, 1.82) is 0 Å². The van der Waals surface area contributed by atoms with E-state index in [-0.39, 0.29) is 5.91 Å². The Morgan fingerprint density at radius 2 is 2.20 bits per heavy atom. The summed E-state index contributed by atoms with van der Waals surface area (Å²) in [6, 6.07) is 0. The quantitative estimate of drug-likeness (QED) is 0.769. The maximum absolute atomic E-state index is 11.7. The number of hydrogen-bond donors (Lipinski definition) is 2. The number of aromatic nitrogens is 1. The Morgan fingerprint density at radius 3 is 2.75 bits per heavy atom. The zero-order valence-electron chi connectivity index (χ0n) is 12.7. The van der Waals surface area contributed by atoms with Gasteiger partial charge in [0, 0.05) is 17.9 Å². The molecule has 0 aliphatic carbocycles. The van der Waals surface area contributed by atoms with Crippen LogP contribution < -0.4 is 5.32 Å². The van der Waals surface area contributed by atoms with Gasteiger partial charge in [-0.1, -0.05) is 18.5 Å². The first kappa shape index (κ1) is 17.0. The van der Waals surface area contributed by atoms with Gasteiger partial charge in [-0.15, -0.1) is 11.8 Å². The van der Waals surface area contributed by atoms with Crippen LogP contribution in [-0.2, 0) is 10.5 Å². The third-order valence-corrected chi connectivity index (χ3v) is 4.07. The Morgan fingerprint density at radius 1 is 1.50 bits per heavy atom. The summed E-state index contributed by atoms with van der Waals surface area (Å²) in [5, 5.41) is 16.6. The number of hydrogen-bond acceptors (Lipinski definition) is 5. The van der Waals surface area contributed by atoms with Gasteiger partial charge in [-0.3, -0.25) is 4.79 Å². The minimum Gasteiger partial charge on any atom is -0.388 e. The van der Waals surface area contributed by atoms with Crippen molar-refractivity contribution in [3.05, 3.63) is 17.0 Å². The molecule has 2 N–H and O–H groups in total. The van der Waals surface area contributed by atoms with E-state index in [9.17, 15) is 9.90 Å². The minimum absolute atomic E-state index is 0.0573. The first-order valence-electron chi connectivity index (χ1n) is 6.84. The number of aliphatic hydroxyl groups is 1. The maximum atomic E-state index is 11.7. The molecule has 1 atom stereocenters. The van der Waals surface area contributed by atoms with Crippen LogP contribution in [0.25, 0.3) is 0 Å². The fourth-order valence-corrected chi connectivity index (χ4v) is 2.93. The van der Waals surface area contributed by atoms with Gasteiger partial charge in [0.1, 0.15) is 5.76 Å². The summed E-state index contributed by atoms with van der Waals surface area (Å²) in [5.74, 6) is 1.83. The molecule has 0 spiro atoms. The van der Waals surface area contributed by atoms with Crippen molar-refractivity contribution >= 4 is 17.7 Å². The van der Waals surface area contributed by atoms with Gasteiger partial charge in [0.25, 0.3) is 0 Å². The summed E-state index contributed by atoms with van der Waals surface area (Å²) in [5.41, 5.74) is 1.11. The molecule has 0 bridgehead atoms. The van der Waals surface area contributed by atoms with Gasteiger partial charge in [0.2, 0.25) is 5.91 Å². The molecule has 20 heavy (non-hydrogen) atoms. The highest BCUT2D eigenvalue weighted by molar-refractivity contribution is 7.99. The number of carbonyl (C=O) groups excluding carboxylic acids is 1. The van der Waals surface area contributed by atoms with Gasteiger partial charge < -0.3 is 14.9 Å². The number of nitrogens with one attached hydrogen (secondary N) is 1. The molecule has 1 heterocycles. The highest BCUT2D eigenvalue weighted by atomic mass is 32.2. The molecular formula is C14H24N2O3S. The molecule has 0 saturated heterocycles. The molecule has 1 aromatic rings. The van der Waals surface area contributed by atoms with E-state index in [4.69, 9.17) is 4.52 Å². The van der Waals surface area contributed by atoms with E-state index in [2.05, 4.69) is 10.5 Å². The molecule has 5 nitrogen and oxygen atoms in total. The summed E-state index contributed by atoms with van der Waals surface area (Å²) in [6.07, 6.45) is 1.57. The minimum atomic E-state index is -0.823. The van der Waals surface area contributed by atoms with Crippen LogP contribution in [0.4, 0.5) is 0 Å². The molecular weight excluding hydrogens is 276 g/mol. The first-order chi connectivity index (χ1) is 9.35. The molecule has 6 heteroatoms. The van der Waals surface area contributed by atoms with Crippen LogP contribution in [0.5, 0.6) is 0 Å². The number of thioether (sulfide) groups is 1. The lowest BCUT2D eigenvalue weighted by molar-refractivity contribution is -0.119. The van der Waals surface area contributed by atoms with E-state index in [1.807, 2.05) is 20.8 Å². The van der Waals surface area contributed by atoms with Crippen molar-refractivity contribution in [3.63, 3.8) is 0 Å². The van der Waals surface area contributed by atoms with Crippen molar-refractivity contribution in [1.82, 2.24) is 10.5 Å². The van der Waals surface area contributed by atoms with Crippen LogP contribution in [0.3, 0.4) is 0 Å². The second kappa shape index (κ2) is 7.69. The maximum Gasteiger partial charge on any atom is 0.230 e. The van der Waals surface area contributed by atoms with Crippen LogP contribution >= 0.6 is 11.8 Å². The molecule has 0 radical (unpaired) electrons. The normalized spacial score (nSPS) is 14.1. The van der Waals surface area contributed by atoms with Gasteiger partial charge >= 0.3 is 0 Å². The monoisotopic (exact) mass is 300 g/mol. The van der Waals surface area contributed by atoms with Crippen LogP contribution in [0.15, 0.2) is 4.52 Å². The molecule has 114 valence electrons. The molecule has 1 amide bonds. The summed E-state index contributed by atoms with van der Waals surface area (Å²) < 4.78 is 5.07. The third-order valence-electron chi connectivity index (χ3n) is 3.12. The lowest BCUT2D eigenvalue weighted by Gasteiger charge is -2.22. The fourth-order valence-electron chi connectivity index (χ4n) is 1.92. The van der Waals surface area contributed by atoms with Crippen molar-refractivity contribution in [3.8, 4) is 0 Å². The van der Waals surface area contributed by atoms with Gasteiger partial charge in [-0.05, 0) is 27.2 Å². The molecule has 0 fully saturated rings. The first-order valence-corrected chi connectivity index (χ1v) is 7.99. The zero-order chi connectivity index (χ0) is 15.2. The molecule has 1 rings (SSSR count). The number of aryl methyl sites for hydroxylation is 2. The second-order valence-corrected chi connectivity index (χ2v) is 6.30. The average molecular weight is 300 g/mol. The summed E-state index contributed by atoms with van der Waals surface area (Å²) >= 11 is 1.52. The van der Waals surface area contributed by atoms with Gasteiger partial charge in [0.15, 0.2) is 0 Å². The topological polar surface area (TPSA) is 75.4 Å². The summed E-state index contributed by atoms with van der Waals surface area (Å²) in [7, 11) is 0. The SMILES string of the molecule is CCCC(C)(O)CNC(=O)CSCc1c(C)noc1C. The van der Waals surface area contributed by atoms with Gasteiger partial charge in [0.05, 0.1) is 17.0 Å². The van der Waals surface area contributed by atoms with Crippen molar-refractivity contribution < 1.29 is 14.4 Å². The average Bonchev–Trinajstić information content (AvgIpc) is 2.68. The number of amides is 1. The predicted octanol–water partition coefficient (Wildman–Crippen LogP) is 2.19. The Labute approximate surface area is 124 Å². The Kier molecular flexibility index (Phi) is 6.55. The smallest absolute Gasteiger partial charge is 0.230 e. The molecule has 1 unspecified atom stereocenters. The standard InChI is InChI=1S/C14H24N2O3S/c1-5-6-14(4,18)9-15-13(17)8-20-7-12-10(2)16-19-11(12)3/h18H,5-9H2,1-4H3,(H,15,17). The number of nitrogens with zero attached hydrogens (tertiary/aromatic N) is 1. The zero-order valence-corrected chi connectivity index (χ0v) is 13.5. The molecule has 0 aliphatic heterocycles.